The quantitative estimate of drug-likeness (QED) is 0.0573. The van der Waals surface area contributed by atoms with Crippen LogP contribution in [0.3, 0.4) is 0 Å². The monoisotopic (exact) mass is 1200 g/mol. The fourth-order valence-electron chi connectivity index (χ4n) is 4.98. The van der Waals surface area contributed by atoms with Crippen LogP contribution >= 0.6 is 34.4 Å². The molecule has 0 radical (unpaired) electrons. The first kappa shape index (κ1) is 59.4. The molecule has 0 aliphatic heterocycles. The topological polar surface area (TPSA) is 112 Å². The summed E-state index contributed by atoms with van der Waals surface area (Å²) in [6.07, 6.45) is -14.3. The van der Waals surface area contributed by atoms with Crippen molar-refractivity contribution in [1.29, 1.82) is 0 Å². The zero-order valence-corrected chi connectivity index (χ0v) is 39.3. The smallest absolute Gasteiger partial charge is 0.460 e. The van der Waals surface area contributed by atoms with Crippen molar-refractivity contribution in [2.24, 2.45) is 0 Å². The van der Waals surface area contributed by atoms with Crippen LogP contribution in [0.5, 0.6) is 0 Å². The van der Waals surface area contributed by atoms with E-state index in [1.807, 2.05) is 11.8 Å². The van der Waals surface area contributed by atoms with Gasteiger partial charge in [-0.1, -0.05) is 77.5 Å². The highest BCUT2D eigenvalue weighted by Crippen LogP contribution is 2.56. The van der Waals surface area contributed by atoms with Gasteiger partial charge in [0.05, 0.1) is 10.9 Å². The van der Waals surface area contributed by atoms with Gasteiger partial charge >= 0.3 is 56.7 Å². The van der Waals surface area contributed by atoms with Crippen LogP contribution in [-0.4, -0.2) is 72.5 Å². The van der Waals surface area contributed by atoms with Gasteiger partial charge in [0.2, 0.25) is 0 Å². The third-order valence-corrected chi connectivity index (χ3v) is 14.7. The molecule has 0 spiro atoms. The van der Waals surface area contributed by atoms with Gasteiger partial charge in [0.1, 0.15) is 0 Å². The second-order valence-corrected chi connectivity index (χ2v) is 21.0. The van der Waals surface area contributed by atoms with Crippen molar-refractivity contribution in [2.75, 3.05) is 0 Å². The first-order valence-corrected chi connectivity index (χ1v) is 23.9. The zero-order chi connectivity index (χ0) is 53.2. The Labute approximate surface area is 400 Å². The Morgan fingerprint density at radius 1 is 0.478 bits per heavy atom. The van der Waals surface area contributed by atoms with E-state index >= 15 is 0 Å². The second-order valence-electron chi connectivity index (χ2n) is 13.8. The van der Waals surface area contributed by atoms with Crippen LogP contribution in [0.4, 0.5) is 79.0 Å². The fraction of sp³-hybridized carbons (Fsp3) is 0.250. The second kappa shape index (κ2) is 21.0. The molecule has 0 saturated carbocycles. The molecule has 1 N–H and O–H groups in total. The highest BCUT2D eigenvalue weighted by Gasteiger charge is 2.86. The Morgan fingerprint density at radius 3 is 1.12 bits per heavy atom. The van der Waals surface area contributed by atoms with Crippen molar-refractivity contribution in [3.05, 3.63) is 136 Å². The van der Waals surface area contributed by atoms with E-state index in [1.54, 1.807) is 0 Å². The van der Waals surface area contributed by atoms with Gasteiger partial charge in [-0.15, -0.1) is 0 Å². The maximum absolute atomic E-state index is 12.2. The summed E-state index contributed by atoms with van der Waals surface area (Å²) in [6.45, 7) is 4.29. The van der Waals surface area contributed by atoms with Gasteiger partial charge in [0, 0.05) is 13.4 Å². The Morgan fingerprint density at radius 2 is 0.797 bits per heavy atom. The fourth-order valence-corrected chi connectivity index (χ4v) is 9.43. The average Bonchev–Trinajstić information content (AvgIpc) is 3.22. The van der Waals surface area contributed by atoms with Gasteiger partial charge in [-0.3, -0.25) is 4.55 Å². The van der Waals surface area contributed by atoms with Crippen molar-refractivity contribution in [2.45, 2.75) is 84.9 Å². The van der Waals surface area contributed by atoms with Crippen molar-refractivity contribution in [3.8, 4) is 11.1 Å². The predicted octanol–water partition coefficient (Wildman–Crippen LogP) is 14.1. The molecule has 0 aliphatic rings. The molecule has 0 aliphatic carbocycles. The largest absolute Gasteiger partial charge is 0.743 e. The van der Waals surface area contributed by atoms with E-state index in [0.717, 1.165) is 0 Å². The summed E-state index contributed by atoms with van der Waals surface area (Å²) in [5, 5.41) is -14.1. The van der Waals surface area contributed by atoms with Crippen LogP contribution in [0, 0.1) is 17.4 Å². The maximum atomic E-state index is 12.2. The third-order valence-electron chi connectivity index (χ3n) is 8.72. The normalized spacial score (nSPS) is 13.6. The summed E-state index contributed by atoms with van der Waals surface area (Å²) < 4.78 is 271. The molecule has 29 heteroatoms. The van der Waals surface area contributed by atoms with Crippen LogP contribution in [0.1, 0.15) is 11.1 Å². The molecule has 380 valence electrons. The minimum atomic E-state index is -7.43. The number of hydrogen-bond donors (Lipinski definition) is 1. The Bertz CT molecular complexity index is 2630. The summed E-state index contributed by atoms with van der Waals surface area (Å²) in [5.41, 5.74) is 5.13. The van der Waals surface area contributed by atoms with Crippen molar-refractivity contribution >= 4 is 65.5 Å². The molecule has 69 heavy (non-hydrogen) atoms. The lowest BCUT2D eigenvalue weighted by molar-refractivity contribution is -0.382. The van der Waals surface area contributed by atoms with Crippen LogP contribution in [0.15, 0.2) is 146 Å². The first-order valence-electron chi connectivity index (χ1n) is 17.9. The number of aryl methyl sites for hydroxylation is 2. The lowest BCUT2D eigenvalue weighted by Gasteiger charge is -2.34. The minimum absolute atomic E-state index is 0.122. The lowest BCUT2D eigenvalue weighted by Crippen LogP contribution is -2.63. The Balaban J connectivity index is 0.000000313. The molecule has 0 bridgehead atoms. The van der Waals surface area contributed by atoms with E-state index in [0.29, 0.717) is 0 Å². The molecular formula is C40H27F18IO6S4. The number of halogens is 19. The van der Waals surface area contributed by atoms with Crippen molar-refractivity contribution in [1.82, 2.24) is 0 Å². The molecule has 5 aromatic carbocycles. The van der Waals surface area contributed by atoms with Crippen molar-refractivity contribution in [3.63, 3.8) is 0 Å². The van der Waals surface area contributed by atoms with E-state index in [-0.39, 0.29) is 10.9 Å². The van der Waals surface area contributed by atoms with E-state index in [1.165, 1.54) is 50.3 Å². The summed E-state index contributed by atoms with van der Waals surface area (Å²) in [6, 6.07) is 44.5. The van der Waals surface area contributed by atoms with Crippen LogP contribution in [0.2, 0.25) is 0 Å². The number of rotatable bonds is 12. The van der Waals surface area contributed by atoms with E-state index in [2.05, 4.69) is 158 Å². The highest BCUT2D eigenvalue weighted by molar-refractivity contribution is 14.1. The number of hydrogen-bond acceptors (Lipinski definition) is 6. The van der Waals surface area contributed by atoms with Gasteiger partial charge in [0.25, 0.3) is 0 Å². The molecule has 6 nitrogen and oxygen atoms in total. The summed E-state index contributed by atoms with van der Waals surface area (Å²) in [7, 11) is -14.7. The molecule has 0 heterocycles. The minimum Gasteiger partial charge on any atom is -0.743 e. The van der Waals surface area contributed by atoms with E-state index in [4.69, 9.17) is 4.55 Å². The van der Waals surface area contributed by atoms with Crippen LogP contribution in [-0.2, 0) is 31.1 Å². The Hall–Kier alpha value is -3.91. The van der Waals surface area contributed by atoms with Crippen molar-refractivity contribution < 1.29 is 105 Å². The van der Waals surface area contributed by atoms with Gasteiger partial charge < -0.3 is 4.55 Å². The van der Waals surface area contributed by atoms with E-state index in [9.17, 15) is 100 Å². The average molecular weight is 1200 g/mol. The predicted molar refractivity (Wildman–Crippen MR) is 223 cm³/mol. The number of benzene rings is 5. The van der Waals surface area contributed by atoms with Crippen LogP contribution in [0.25, 0.3) is 11.1 Å². The molecule has 5 aromatic rings. The van der Waals surface area contributed by atoms with Gasteiger partial charge in [-0.05, 0) is 114 Å². The standard InChI is InChI=1S/C32H26IS2.2C4HF9O3S/c1-23-7-17-28(18-8-23)35(29-19-9-24(2)10-20-29)30-21-15-27(16-22-30)34-26-13-11-25(12-14-26)31-5-3-4-6-32(31)33;2*5-1(6,3(9,10)11)2(7,8)4(12,13)17(14,15)16/h3-22H,1-2H3;2*(H,14,15,16)/q+1;;/p-1. The highest BCUT2D eigenvalue weighted by atomic mass is 127. The lowest BCUT2D eigenvalue weighted by atomic mass is 10.1. The van der Waals surface area contributed by atoms with Gasteiger partial charge in [-0.2, -0.15) is 87.4 Å². The summed E-state index contributed by atoms with van der Waals surface area (Å²) >= 11 is 4.22. The third kappa shape index (κ3) is 12.8. The molecular weight excluding hydrogens is 1170 g/mol. The SMILES string of the molecule is Cc1ccc([S+](c2ccc(C)cc2)c2ccc(Sc3ccc(-c4ccccc4I)cc3)cc2)cc1.O=S(=O)(O)C(F)(F)C(F)(F)C(F)(F)C(F)(F)F.O=S(=O)([O-])C(F)(F)C(F)(F)C(F)(F)C(F)(F)F. The van der Waals surface area contributed by atoms with E-state index < -0.39 is 66.8 Å². The maximum Gasteiger partial charge on any atom is 0.460 e. The first-order chi connectivity index (χ1) is 31.1. The zero-order valence-electron chi connectivity index (χ0n) is 33.8. The van der Waals surface area contributed by atoms with Crippen LogP contribution < -0.4 is 0 Å². The molecule has 0 saturated heterocycles. The molecule has 0 unspecified atom stereocenters. The molecule has 0 atom stereocenters. The Kier molecular flexibility index (Phi) is 18.1. The summed E-state index contributed by atoms with van der Waals surface area (Å²) in [5.74, 6) is -29.5. The summed E-state index contributed by atoms with van der Waals surface area (Å²) in [4.78, 5) is 6.56. The molecule has 0 amide bonds. The number of alkyl halides is 18. The van der Waals surface area contributed by atoms with Gasteiger partial charge in [0.15, 0.2) is 24.8 Å². The molecule has 0 aromatic heterocycles. The molecule has 5 rings (SSSR count). The molecule has 0 fully saturated rings. The van der Waals surface area contributed by atoms with Gasteiger partial charge in [-0.25, -0.2) is 8.42 Å².